The maximum absolute atomic E-state index is 14.7. The maximum atomic E-state index is 14.7. The van der Waals surface area contributed by atoms with Gasteiger partial charge in [0.2, 0.25) is 11.8 Å². The Morgan fingerprint density at radius 2 is 1.86 bits per heavy atom. The summed E-state index contributed by atoms with van der Waals surface area (Å²) >= 11 is 0. The molecule has 0 fully saturated rings. The van der Waals surface area contributed by atoms with Crippen molar-refractivity contribution in [3.63, 3.8) is 0 Å². The number of nitrogens with zero attached hydrogens (tertiary/aromatic N) is 2. The van der Waals surface area contributed by atoms with E-state index in [9.17, 15) is 18.4 Å². The lowest BCUT2D eigenvalue weighted by Gasteiger charge is -2.39. The van der Waals surface area contributed by atoms with Gasteiger partial charge in [-0.25, -0.2) is 18.7 Å². The molecule has 0 aliphatic heterocycles. The van der Waals surface area contributed by atoms with Crippen LogP contribution in [0.1, 0.15) is 75.1 Å². The van der Waals surface area contributed by atoms with Gasteiger partial charge in [0.1, 0.15) is 12.4 Å². The van der Waals surface area contributed by atoms with Crippen LogP contribution in [0, 0.1) is 12.3 Å². The summed E-state index contributed by atoms with van der Waals surface area (Å²) in [6.45, 7) is 13.2. The van der Waals surface area contributed by atoms with Crippen LogP contribution in [0.2, 0.25) is 0 Å². The number of nitrogens with one attached hydrogen (secondary N) is 2. The molecule has 2 aromatic heterocycles. The zero-order valence-electron chi connectivity index (χ0n) is 21.2. The molecule has 0 aliphatic carbocycles. The lowest BCUT2D eigenvalue weighted by atomic mass is 9.73. The first-order valence-corrected chi connectivity index (χ1v) is 11.5. The predicted octanol–water partition coefficient (Wildman–Crippen LogP) is 5.63. The van der Waals surface area contributed by atoms with Gasteiger partial charge < -0.3 is 15.4 Å². The fraction of sp³-hybridized carbons (Fsp3) is 0.462. The first kappa shape index (κ1) is 27.9. The van der Waals surface area contributed by atoms with E-state index in [1.54, 1.807) is 45.9 Å². The van der Waals surface area contributed by atoms with Crippen molar-refractivity contribution in [1.82, 2.24) is 15.3 Å². The number of hydrogen-bond acceptors (Lipinski definition) is 5. The zero-order valence-corrected chi connectivity index (χ0v) is 21.2. The van der Waals surface area contributed by atoms with Crippen LogP contribution < -0.4 is 15.4 Å². The van der Waals surface area contributed by atoms with Crippen LogP contribution >= 0.6 is 0 Å². The van der Waals surface area contributed by atoms with Crippen LogP contribution in [-0.4, -0.2) is 34.3 Å². The van der Waals surface area contributed by atoms with Gasteiger partial charge in [0.05, 0.1) is 11.5 Å². The molecule has 0 bridgehead atoms. The summed E-state index contributed by atoms with van der Waals surface area (Å²) in [5.74, 6) is -3.08. The summed E-state index contributed by atoms with van der Waals surface area (Å²) in [6.07, 6.45) is 1.40. The van der Waals surface area contributed by atoms with Crippen LogP contribution in [-0.2, 0) is 4.79 Å². The number of amides is 2. The van der Waals surface area contributed by atoms with Gasteiger partial charge in [-0.1, -0.05) is 32.1 Å². The Bertz CT molecular complexity index is 1070. The highest BCUT2D eigenvalue weighted by Gasteiger charge is 2.52. The largest absolute Gasteiger partial charge is 0.476 e. The number of ether oxygens (including phenoxy) is 1. The van der Waals surface area contributed by atoms with E-state index in [2.05, 4.69) is 27.2 Å². The Labute approximate surface area is 205 Å². The minimum atomic E-state index is -2.96. The monoisotopic (exact) mass is 488 g/mol. The van der Waals surface area contributed by atoms with Crippen LogP contribution in [0.15, 0.2) is 42.6 Å². The molecule has 0 saturated heterocycles. The Hall–Kier alpha value is -3.36. The van der Waals surface area contributed by atoms with Crippen molar-refractivity contribution in [2.24, 2.45) is 5.41 Å². The summed E-state index contributed by atoms with van der Waals surface area (Å²) < 4.78 is 35.2. The molecule has 0 radical (unpaired) electrons. The quantitative estimate of drug-likeness (QED) is 0.400. The molecule has 35 heavy (non-hydrogen) atoms. The summed E-state index contributed by atoms with van der Waals surface area (Å²) in [6, 6.07) is 6.04. The molecule has 7 nitrogen and oxygen atoms in total. The third-order valence-electron chi connectivity index (χ3n) is 6.16. The van der Waals surface area contributed by atoms with E-state index < -0.39 is 17.4 Å². The molecule has 2 atom stereocenters. The number of alkyl halides is 2. The maximum Gasteiger partial charge on any atom is 0.260 e. The molecule has 0 saturated carbocycles. The fourth-order valence-corrected chi connectivity index (χ4v) is 3.88. The first-order chi connectivity index (χ1) is 16.3. The van der Waals surface area contributed by atoms with Gasteiger partial charge >= 0.3 is 0 Å². The molecule has 0 spiro atoms. The average molecular weight is 489 g/mol. The van der Waals surface area contributed by atoms with E-state index in [4.69, 9.17) is 4.74 Å². The number of anilines is 1. The summed E-state index contributed by atoms with van der Waals surface area (Å²) in [7, 11) is 0. The Kier molecular flexibility index (Phi) is 9.06. The number of carbonyl (C=O) groups is 2. The normalized spacial score (nSPS) is 13.9. The lowest BCUT2D eigenvalue weighted by Crippen LogP contribution is -2.46. The number of pyridine rings is 2. The van der Waals surface area contributed by atoms with Gasteiger partial charge in [-0.05, 0) is 44.9 Å². The van der Waals surface area contributed by atoms with Crippen LogP contribution in [0.3, 0.4) is 0 Å². The second kappa shape index (κ2) is 11.4. The second-order valence-electron chi connectivity index (χ2n) is 8.75. The Balaban J connectivity index is 2.10. The van der Waals surface area contributed by atoms with Crippen molar-refractivity contribution in [2.45, 2.75) is 66.3 Å². The molecule has 0 aromatic carbocycles. The first-order valence-electron chi connectivity index (χ1n) is 11.5. The molecule has 190 valence electrons. The Morgan fingerprint density at radius 3 is 2.37 bits per heavy atom. The number of hydrogen-bond donors (Lipinski definition) is 2. The topological polar surface area (TPSA) is 93.2 Å². The molecule has 9 heteroatoms. The van der Waals surface area contributed by atoms with Gasteiger partial charge in [0.15, 0.2) is 0 Å². The minimum Gasteiger partial charge on any atom is -0.476 e. The van der Waals surface area contributed by atoms with E-state index in [1.165, 1.54) is 26.1 Å². The van der Waals surface area contributed by atoms with Crippen LogP contribution in [0.5, 0.6) is 5.88 Å². The summed E-state index contributed by atoms with van der Waals surface area (Å²) in [5.41, 5.74) is 0.534. The highest BCUT2D eigenvalue weighted by atomic mass is 19.3. The molecule has 2 N–H and O–H groups in total. The van der Waals surface area contributed by atoms with Crippen LogP contribution in [0.25, 0.3) is 0 Å². The van der Waals surface area contributed by atoms with Crippen LogP contribution in [0.4, 0.5) is 14.6 Å². The highest BCUT2D eigenvalue weighted by Crippen LogP contribution is 2.47. The van der Waals surface area contributed by atoms with E-state index in [0.29, 0.717) is 28.2 Å². The van der Waals surface area contributed by atoms with Crippen molar-refractivity contribution in [3.8, 4) is 5.88 Å². The van der Waals surface area contributed by atoms with E-state index in [0.717, 1.165) is 0 Å². The standard InChI is InChI=1S/C26H34F2N4O3/c1-8-25(16(3)4,26(27,28)9-2)15-35-23-11-10-20(14-29-23)18(6)31-24(34)21-12-17(5)30-22(13-21)32-19(7)33/h10-14,18H,3,8-9,15H2,1-2,4-7H3,(H,31,34)(H,30,32,33). The number of halogens is 2. The SMILES string of the molecule is C=C(C)C(CC)(COc1ccc(C(C)NC(=O)c2cc(C)nc(NC(C)=O)c2)cn1)C(F)(F)CC. The molecule has 2 rings (SSSR count). The van der Waals surface area contributed by atoms with E-state index >= 15 is 0 Å². The van der Waals surface area contributed by atoms with Crippen molar-refractivity contribution in [2.75, 3.05) is 11.9 Å². The summed E-state index contributed by atoms with van der Waals surface area (Å²) in [4.78, 5) is 32.5. The fourth-order valence-electron chi connectivity index (χ4n) is 3.88. The number of aryl methyl sites for hydroxylation is 1. The zero-order chi connectivity index (χ0) is 26.4. The number of aromatic nitrogens is 2. The molecular formula is C26H34F2N4O3. The molecular weight excluding hydrogens is 454 g/mol. The molecule has 2 heterocycles. The second-order valence-corrected chi connectivity index (χ2v) is 8.75. The van der Waals surface area contributed by atoms with Crippen molar-refractivity contribution >= 4 is 17.6 Å². The lowest BCUT2D eigenvalue weighted by molar-refractivity contribution is -0.124. The molecule has 2 amide bonds. The molecule has 2 aromatic rings. The van der Waals surface area contributed by atoms with Crippen molar-refractivity contribution in [1.29, 1.82) is 0 Å². The smallest absolute Gasteiger partial charge is 0.260 e. The third kappa shape index (κ3) is 6.61. The van der Waals surface area contributed by atoms with Crippen molar-refractivity contribution < 1.29 is 23.1 Å². The Morgan fingerprint density at radius 1 is 1.17 bits per heavy atom. The minimum absolute atomic E-state index is 0.183. The third-order valence-corrected chi connectivity index (χ3v) is 6.16. The van der Waals surface area contributed by atoms with Gasteiger partial charge in [-0.15, -0.1) is 0 Å². The van der Waals surface area contributed by atoms with Gasteiger partial charge in [-0.3, -0.25) is 9.59 Å². The number of rotatable bonds is 11. The van der Waals surface area contributed by atoms with E-state index in [1.807, 2.05) is 0 Å². The predicted molar refractivity (Wildman–Crippen MR) is 132 cm³/mol. The van der Waals surface area contributed by atoms with Gasteiger partial charge in [0, 0.05) is 36.9 Å². The van der Waals surface area contributed by atoms with Crippen molar-refractivity contribution in [3.05, 3.63) is 59.4 Å². The van der Waals surface area contributed by atoms with E-state index in [-0.39, 0.29) is 37.1 Å². The van der Waals surface area contributed by atoms with Gasteiger partial charge in [0.25, 0.3) is 11.8 Å². The highest BCUT2D eigenvalue weighted by molar-refractivity contribution is 5.96. The molecule has 0 aliphatic rings. The molecule has 2 unspecified atom stereocenters. The average Bonchev–Trinajstić information content (AvgIpc) is 2.78. The summed E-state index contributed by atoms with van der Waals surface area (Å²) in [5, 5.41) is 5.45. The van der Waals surface area contributed by atoms with Gasteiger partial charge in [-0.2, -0.15) is 0 Å². The number of carbonyl (C=O) groups excluding carboxylic acids is 2.